The van der Waals surface area contributed by atoms with Gasteiger partial charge in [0, 0.05) is 12.1 Å². The van der Waals surface area contributed by atoms with E-state index < -0.39 is 11.8 Å². The van der Waals surface area contributed by atoms with Crippen LogP contribution in [0.25, 0.3) is 16.8 Å². The molecule has 1 aliphatic rings. The van der Waals surface area contributed by atoms with Crippen molar-refractivity contribution in [2.24, 2.45) is 0 Å². The molecule has 2 aromatic carbocycles. The van der Waals surface area contributed by atoms with E-state index >= 15 is 0 Å². The van der Waals surface area contributed by atoms with Crippen LogP contribution in [0, 0.1) is 0 Å². The number of amides is 2. The van der Waals surface area contributed by atoms with Gasteiger partial charge in [-0.15, -0.1) is 6.58 Å². The topological polar surface area (TPSA) is 67.9 Å². The molecule has 7 heteroatoms. The van der Waals surface area contributed by atoms with Gasteiger partial charge in [0.2, 0.25) is 0 Å². The SMILES string of the molecule is C=CCN1C(=O)/C(=C/c2c(OC)ccc3ccc(OC)cc23)C(=O)NC1=S. The fourth-order valence-corrected chi connectivity index (χ4v) is 3.14. The molecule has 1 N–H and O–H groups in total. The molecule has 0 bridgehead atoms. The lowest BCUT2D eigenvalue weighted by Crippen LogP contribution is -2.53. The van der Waals surface area contributed by atoms with Crippen molar-refractivity contribution in [1.29, 1.82) is 0 Å². The lowest BCUT2D eigenvalue weighted by molar-refractivity contribution is -0.128. The lowest BCUT2D eigenvalue weighted by atomic mass is 9.99. The third-order valence-electron chi connectivity index (χ3n) is 4.24. The maximum absolute atomic E-state index is 12.8. The summed E-state index contributed by atoms with van der Waals surface area (Å²) in [6, 6.07) is 9.27. The highest BCUT2D eigenvalue weighted by atomic mass is 32.1. The molecule has 138 valence electrons. The zero-order valence-corrected chi connectivity index (χ0v) is 15.8. The van der Waals surface area contributed by atoms with Crippen molar-refractivity contribution in [2.45, 2.75) is 0 Å². The third kappa shape index (κ3) is 3.41. The molecule has 1 heterocycles. The fourth-order valence-electron chi connectivity index (χ4n) is 2.89. The van der Waals surface area contributed by atoms with Gasteiger partial charge in [-0.1, -0.05) is 18.2 Å². The molecule has 0 saturated carbocycles. The highest BCUT2D eigenvalue weighted by Gasteiger charge is 2.33. The number of fused-ring (bicyclic) bond motifs is 1. The minimum absolute atomic E-state index is 0.0286. The third-order valence-corrected chi connectivity index (χ3v) is 4.56. The first-order valence-electron chi connectivity index (χ1n) is 8.14. The first-order valence-corrected chi connectivity index (χ1v) is 8.55. The molecular formula is C20H18N2O4S. The van der Waals surface area contributed by atoms with Gasteiger partial charge in [-0.2, -0.15) is 0 Å². The molecule has 2 amide bonds. The van der Waals surface area contributed by atoms with Crippen LogP contribution in [0.15, 0.2) is 48.6 Å². The number of hydrogen-bond donors (Lipinski definition) is 1. The van der Waals surface area contributed by atoms with E-state index in [9.17, 15) is 9.59 Å². The van der Waals surface area contributed by atoms with Crippen LogP contribution in [0.5, 0.6) is 11.5 Å². The van der Waals surface area contributed by atoms with Crippen molar-refractivity contribution >= 4 is 46.0 Å². The average Bonchev–Trinajstić information content (AvgIpc) is 2.67. The predicted octanol–water partition coefficient (Wildman–Crippen LogP) is 2.67. The molecule has 0 atom stereocenters. The number of hydrogen-bond acceptors (Lipinski definition) is 5. The van der Waals surface area contributed by atoms with Crippen molar-refractivity contribution in [1.82, 2.24) is 10.2 Å². The number of ether oxygens (including phenoxy) is 2. The summed E-state index contributed by atoms with van der Waals surface area (Å²) in [7, 11) is 3.11. The smallest absolute Gasteiger partial charge is 0.265 e. The Morgan fingerprint density at radius 2 is 1.93 bits per heavy atom. The summed E-state index contributed by atoms with van der Waals surface area (Å²) in [5, 5.41) is 4.32. The molecule has 0 radical (unpaired) electrons. The summed E-state index contributed by atoms with van der Waals surface area (Å²) >= 11 is 5.08. The van der Waals surface area contributed by atoms with Gasteiger partial charge in [-0.3, -0.25) is 19.8 Å². The maximum Gasteiger partial charge on any atom is 0.265 e. The van der Waals surface area contributed by atoms with Crippen LogP contribution in [-0.4, -0.2) is 42.6 Å². The average molecular weight is 382 g/mol. The number of rotatable bonds is 5. The van der Waals surface area contributed by atoms with Gasteiger partial charge in [0.05, 0.1) is 14.2 Å². The molecule has 1 aliphatic heterocycles. The molecule has 3 rings (SSSR count). The van der Waals surface area contributed by atoms with Crippen molar-refractivity contribution < 1.29 is 19.1 Å². The first-order chi connectivity index (χ1) is 13.0. The molecular weight excluding hydrogens is 364 g/mol. The second kappa shape index (κ2) is 7.59. The van der Waals surface area contributed by atoms with Crippen LogP contribution in [0.1, 0.15) is 5.56 Å². The molecule has 1 saturated heterocycles. The Morgan fingerprint density at radius 1 is 1.19 bits per heavy atom. The Morgan fingerprint density at radius 3 is 2.59 bits per heavy atom. The maximum atomic E-state index is 12.8. The van der Waals surface area contributed by atoms with Gasteiger partial charge in [-0.25, -0.2) is 0 Å². The summed E-state index contributed by atoms with van der Waals surface area (Å²) in [6.07, 6.45) is 3.07. The van der Waals surface area contributed by atoms with Crippen LogP contribution < -0.4 is 14.8 Å². The quantitative estimate of drug-likeness (QED) is 0.373. The van der Waals surface area contributed by atoms with Gasteiger partial charge < -0.3 is 9.47 Å². The van der Waals surface area contributed by atoms with E-state index in [2.05, 4.69) is 11.9 Å². The summed E-state index contributed by atoms with van der Waals surface area (Å²) in [5.41, 5.74) is 0.581. The van der Waals surface area contributed by atoms with Gasteiger partial charge >= 0.3 is 0 Å². The molecule has 0 unspecified atom stereocenters. The number of benzene rings is 2. The Balaban J connectivity index is 2.21. The first kappa shape index (κ1) is 18.6. The van der Waals surface area contributed by atoms with E-state index in [1.807, 2.05) is 24.3 Å². The highest BCUT2D eigenvalue weighted by Crippen LogP contribution is 2.33. The zero-order valence-electron chi connectivity index (χ0n) is 14.9. The van der Waals surface area contributed by atoms with Crippen LogP contribution in [-0.2, 0) is 9.59 Å². The number of nitrogens with one attached hydrogen (secondary N) is 1. The molecule has 1 fully saturated rings. The van der Waals surface area contributed by atoms with Crippen molar-refractivity contribution in [3.63, 3.8) is 0 Å². The highest BCUT2D eigenvalue weighted by molar-refractivity contribution is 7.80. The van der Waals surface area contributed by atoms with Crippen molar-refractivity contribution in [2.75, 3.05) is 20.8 Å². The normalized spacial score (nSPS) is 15.9. The zero-order chi connectivity index (χ0) is 19.6. The van der Waals surface area contributed by atoms with E-state index in [4.69, 9.17) is 21.7 Å². The Bertz CT molecular complexity index is 992. The molecule has 6 nitrogen and oxygen atoms in total. The van der Waals surface area contributed by atoms with E-state index in [1.165, 1.54) is 18.1 Å². The van der Waals surface area contributed by atoms with Crippen LogP contribution in [0.2, 0.25) is 0 Å². The van der Waals surface area contributed by atoms with Crippen LogP contribution in [0.3, 0.4) is 0 Å². The number of thiocarbonyl (C=S) groups is 1. The van der Waals surface area contributed by atoms with Gasteiger partial charge in [0.25, 0.3) is 11.8 Å². The second-order valence-electron chi connectivity index (χ2n) is 5.79. The van der Waals surface area contributed by atoms with Crippen molar-refractivity contribution in [3.05, 3.63) is 54.1 Å². The summed E-state index contributed by atoms with van der Waals surface area (Å²) in [6.45, 7) is 3.82. The Labute approximate surface area is 162 Å². The van der Waals surface area contributed by atoms with E-state index in [-0.39, 0.29) is 17.2 Å². The molecule has 0 aromatic heterocycles. The summed E-state index contributed by atoms with van der Waals surface area (Å²) in [4.78, 5) is 26.5. The largest absolute Gasteiger partial charge is 0.497 e. The number of methoxy groups -OCH3 is 2. The molecule has 0 aliphatic carbocycles. The number of carbonyl (C=O) groups excluding carboxylic acids is 2. The second-order valence-corrected chi connectivity index (χ2v) is 6.18. The lowest BCUT2D eigenvalue weighted by Gasteiger charge is -2.28. The standard InChI is InChI=1S/C20H18N2O4S/c1-4-9-22-19(24)16(18(23)21-20(22)27)11-15-14-10-13(25-2)7-5-12(14)6-8-17(15)26-3/h4-8,10-11H,1,9H2,2-3H3,(H,21,23,27)/b16-11+. The number of nitrogens with zero attached hydrogens (tertiary/aromatic N) is 1. The molecule has 2 aromatic rings. The minimum atomic E-state index is -0.549. The van der Waals surface area contributed by atoms with Crippen LogP contribution in [0.4, 0.5) is 0 Å². The fraction of sp³-hybridized carbons (Fsp3) is 0.150. The van der Waals surface area contributed by atoms with Crippen molar-refractivity contribution in [3.8, 4) is 11.5 Å². The minimum Gasteiger partial charge on any atom is -0.497 e. The predicted molar refractivity (Wildman–Crippen MR) is 108 cm³/mol. The van der Waals surface area contributed by atoms with E-state index in [0.29, 0.717) is 17.1 Å². The monoisotopic (exact) mass is 382 g/mol. The summed E-state index contributed by atoms with van der Waals surface area (Å²) < 4.78 is 10.8. The molecule has 27 heavy (non-hydrogen) atoms. The Kier molecular flexibility index (Phi) is 5.23. The van der Waals surface area contributed by atoms with Crippen LogP contribution >= 0.6 is 12.2 Å². The van der Waals surface area contributed by atoms with E-state index in [1.54, 1.807) is 19.3 Å². The van der Waals surface area contributed by atoms with Gasteiger partial charge in [-0.05, 0) is 47.3 Å². The molecule has 0 spiro atoms. The Hall–Kier alpha value is -3.19. The van der Waals surface area contributed by atoms with E-state index in [0.717, 1.165) is 10.8 Å². The van der Waals surface area contributed by atoms with Gasteiger partial charge in [0.1, 0.15) is 17.1 Å². The number of carbonyl (C=O) groups is 2. The summed E-state index contributed by atoms with van der Waals surface area (Å²) in [5.74, 6) is 0.162. The van der Waals surface area contributed by atoms with Gasteiger partial charge in [0.15, 0.2) is 5.11 Å².